The summed E-state index contributed by atoms with van der Waals surface area (Å²) in [5, 5.41) is 3.38. The molecule has 0 aliphatic heterocycles. The molecule has 0 fully saturated rings. The largest absolute Gasteiger partial charge is 0.391 e. The zero-order valence-electron chi connectivity index (χ0n) is 13.8. The van der Waals surface area contributed by atoms with Crippen LogP contribution in [0.3, 0.4) is 0 Å². The van der Waals surface area contributed by atoms with E-state index in [2.05, 4.69) is 54.8 Å². The summed E-state index contributed by atoms with van der Waals surface area (Å²) in [7, 11) is 0. The number of rotatable bonds is 13. The summed E-state index contributed by atoms with van der Waals surface area (Å²) in [5.74, 6) is 0. The molecule has 1 N–H and O–H groups in total. The molecule has 0 spiro atoms. The van der Waals surface area contributed by atoms with Gasteiger partial charge in [-0.2, -0.15) is 0 Å². The zero-order chi connectivity index (χ0) is 15.0. The molecule has 1 nitrogen and oxygen atoms in total. The van der Waals surface area contributed by atoms with Crippen LogP contribution in [0.5, 0.6) is 0 Å². The third-order valence-electron chi connectivity index (χ3n) is 3.87. The van der Waals surface area contributed by atoms with E-state index in [0.717, 1.165) is 6.54 Å². The first kappa shape index (κ1) is 17.8. The van der Waals surface area contributed by atoms with Crippen molar-refractivity contribution in [2.24, 2.45) is 0 Å². The first-order valence-electron chi connectivity index (χ1n) is 8.88. The van der Waals surface area contributed by atoms with Gasteiger partial charge in [-0.1, -0.05) is 95.0 Å². The van der Waals surface area contributed by atoms with E-state index in [1.807, 2.05) is 0 Å². The topological polar surface area (TPSA) is 12.0 Å². The van der Waals surface area contributed by atoms with Gasteiger partial charge in [0.15, 0.2) is 0 Å². The van der Waals surface area contributed by atoms with Crippen LogP contribution < -0.4 is 5.32 Å². The summed E-state index contributed by atoms with van der Waals surface area (Å²) in [6.45, 7) is 3.38. The highest BCUT2D eigenvalue weighted by molar-refractivity contribution is 5.48. The van der Waals surface area contributed by atoms with Crippen molar-refractivity contribution < 1.29 is 0 Å². The standard InChI is InChI=1S/C20H33N/c1-2-3-4-5-6-7-8-9-10-14-18-21-19-17-20-15-12-11-13-16-20/h11-13,15-17,19,21H,2-10,14,18H2,1H3/b19-17+. The number of unbranched alkanes of at least 4 members (excludes halogenated alkanes) is 9. The smallest absolute Gasteiger partial charge is 0.0141 e. The summed E-state index contributed by atoms with van der Waals surface area (Å²) in [6, 6.07) is 10.4. The van der Waals surface area contributed by atoms with Gasteiger partial charge in [0.2, 0.25) is 0 Å². The molecule has 1 heteroatoms. The highest BCUT2D eigenvalue weighted by atomic mass is 14.8. The van der Waals surface area contributed by atoms with Crippen LogP contribution >= 0.6 is 0 Å². The number of hydrogen-bond acceptors (Lipinski definition) is 1. The SMILES string of the molecule is CCCCCCCCCCCCN/C=C/c1ccccc1. The first-order valence-corrected chi connectivity index (χ1v) is 8.88. The maximum absolute atomic E-state index is 3.38. The Hall–Kier alpha value is -1.24. The lowest BCUT2D eigenvalue weighted by molar-refractivity contribution is 0.553. The minimum Gasteiger partial charge on any atom is -0.391 e. The number of hydrogen-bond donors (Lipinski definition) is 1. The summed E-state index contributed by atoms with van der Waals surface area (Å²) in [6.07, 6.45) is 18.2. The Morgan fingerprint density at radius 2 is 1.33 bits per heavy atom. The molecular weight excluding hydrogens is 254 g/mol. The average molecular weight is 287 g/mol. The second kappa shape index (κ2) is 13.7. The second-order valence-electron chi connectivity index (χ2n) is 5.88. The maximum Gasteiger partial charge on any atom is 0.0141 e. The molecule has 0 aliphatic rings. The molecule has 0 heterocycles. The van der Waals surface area contributed by atoms with Gasteiger partial charge in [-0.25, -0.2) is 0 Å². The molecule has 0 saturated heterocycles. The van der Waals surface area contributed by atoms with E-state index in [1.165, 1.54) is 69.8 Å². The molecule has 1 aromatic rings. The Labute approximate surface area is 131 Å². The molecule has 0 saturated carbocycles. The lowest BCUT2D eigenvalue weighted by Gasteiger charge is -2.03. The van der Waals surface area contributed by atoms with Crippen LogP contribution in [0.1, 0.15) is 76.7 Å². The van der Waals surface area contributed by atoms with E-state index in [9.17, 15) is 0 Å². The summed E-state index contributed by atoms with van der Waals surface area (Å²) in [5.41, 5.74) is 1.26. The Balaban J connectivity index is 1.82. The summed E-state index contributed by atoms with van der Waals surface area (Å²) >= 11 is 0. The molecule has 118 valence electrons. The Kier molecular flexibility index (Phi) is 11.6. The van der Waals surface area contributed by atoms with Crippen molar-refractivity contribution in [2.45, 2.75) is 71.1 Å². The second-order valence-corrected chi connectivity index (χ2v) is 5.88. The molecule has 0 atom stereocenters. The van der Waals surface area contributed by atoms with Crippen LogP contribution in [-0.4, -0.2) is 6.54 Å². The molecule has 0 radical (unpaired) electrons. The van der Waals surface area contributed by atoms with Gasteiger partial charge in [0.25, 0.3) is 0 Å². The van der Waals surface area contributed by atoms with Gasteiger partial charge in [0, 0.05) is 6.54 Å². The van der Waals surface area contributed by atoms with Crippen molar-refractivity contribution in [3.8, 4) is 0 Å². The quantitative estimate of drug-likeness (QED) is 0.428. The lowest BCUT2D eigenvalue weighted by Crippen LogP contribution is -2.06. The van der Waals surface area contributed by atoms with Crippen molar-refractivity contribution in [1.29, 1.82) is 0 Å². The van der Waals surface area contributed by atoms with Crippen LogP contribution in [0.4, 0.5) is 0 Å². The molecule has 21 heavy (non-hydrogen) atoms. The van der Waals surface area contributed by atoms with Gasteiger partial charge in [-0.05, 0) is 24.3 Å². The van der Waals surface area contributed by atoms with Crippen LogP contribution in [0.15, 0.2) is 36.5 Å². The number of nitrogens with one attached hydrogen (secondary N) is 1. The molecule has 0 aromatic heterocycles. The Morgan fingerprint density at radius 3 is 1.95 bits per heavy atom. The molecule has 1 aromatic carbocycles. The summed E-state index contributed by atoms with van der Waals surface area (Å²) < 4.78 is 0. The van der Waals surface area contributed by atoms with E-state index in [0.29, 0.717) is 0 Å². The highest BCUT2D eigenvalue weighted by Gasteiger charge is 1.92. The monoisotopic (exact) mass is 287 g/mol. The van der Waals surface area contributed by atoms with Gasteiger partial charge in [-0.15, -0.1) is 0 Å². The van der Waals surface area contributed by atoms with E-state index in [-0.39, 0.29) is 0 Å². The Bertz CT molecular complexity index is 342. The predicted molar refractivity (Wildman–Crippen MR) is 95.3 cm³/mol. The van der Waals surface area contributed by atoms with Crippen molar-refractivity contribution in [3.63, 3.8) is 0 Å². The van der Waals surface area contributed by atoms with E-state index in [1.54, 1.807) is 0 Å². The fourth-order valence-corrected chi connectivity index (χ4v) is 2.52. The minimum absolute atomic E-state index is 1.10. The molecule has 0 unspecified atom stereocenters. The van der Waals surface area contributed by atoms with Gasteiger partial charge >= 0.3 is 0 Å². The van der Waals surface area contributed by atoms with Gasteiger partial charge in [0.05, 0.1) is 0 Å². The minimum atomic E-state index is 1.10. The molecule has 0 aliphatic carbocycles. The zero-order valence-corrected chi connectivity index (χ0v) is 13.8. The van der Waals surface area contributed by atoms with Crippen molar-refractivity contribution in [2.75, 3.05) is 6.54 Å². The Morgan fingerprint density at radius 1 is 0.762 bits per heavy atom. The normalized spacial score (nSPS) is 11.1. The van der Waals surface area contributed by atoms with Gasteiger partial charge < -0.3 is 5.32 Å². The van der Waals surface area contributed by atoms with Gasteiger partial charge in [0.1, 0.15) is 0 Å². The fraction of sp³-hybridized carbons (Fsp3) is 0.600. The van der Waals surface area contributed by atoms with E-state index < -0.39 is 0 Å². The van der Waals surface area contributed by atoms with Crippen LogP contribution in [0, 0.1) is 0 Å². The van der Waals surface area contributed by atoms with Crippen LogP contribution in [0.25, 0.3) is 6.08 Å². The van der Waals surface area contributed by atoms with E-state index >= 15 is 0 Å². The molecule has 0 amide bonds. The third-order valence-corrected chi connectivity index (χ3v) is 3.87. The lowest BCUT2D eigenvalue weighted by atomic mass is 10.1. The molecule has 1 rings (SSSR count). The van der Waals surface area contributed by atoms with Gasteiger partial charge in [-0.3, -0.25) is 0 Å². The van der Waals surface area contributed by atoms with E-state index in [4.69, 9.17) is 0 Å². The molecular formula is C20H33N. The van der Waals surface area contributed by atoms with Crippen LogP contribution in [0.2, 0.25) is 0 Å². The summed E-state index contributed by atoms with van der Waals surface area (Å²) in [4.78, 5) is 0. The predicted octanol–water partition coefficient (Wildman–Crippen LogP) is 6.17. The maximum atomic E-state index is 3.38. The van der Waals surface area contributed by atoms with Crippen molar-refractivity contribution >= 4 is 6.08 Å². The van der Waals surface area contributed by atoms with Crippen LogP contribution in [-0.2, 0) is 0 Å². The van der Waals surface area contributed by atoms with Crippen molar-refractivity contribution in [1.82, 2.24) is 5.32 Å². The van der Waals surface area contributed by atoms with Crippen molar-refractivity contribution in [3.05, 3.63) is 42.1 Å². The molecule has 0 bridgehead atoms. The number of benzene rings is 1. The fourth-order valence-electron chi connectivity index (χ4n) is 2.52. The third kappa shape index (κ3) is 11.1. The average Bonchev–Trinajstić information content (AvgIpc) is 2.53. The first-order chi connectivity index (χ1) is 10.4. The highest BCUT2D eigenvalue weighted by Crippen LogP contribution is 2.10.